The first-order valence-electron chi connectivity index (χ1n) is 8.34. The van der Waals surface area contributed by atoms with Gasteiger partial charge < -0.3 is 39.9 Å². The molecule has 18 nitrogen and oxygen atoms in total. The third-order valence-corrected chi connectivity index (χ3v) is 8.29. The Balaban J connectivity index is 1.80. The first-order valence-corrected chi connectivity index (χ1v) is 12.9. The van der Waals surface area contributed by atoms with E-state index in [1.54, 1.807) is 0 Å². The number of nitrogens with zero attached hydrogens (tertiary/aromatic N) is 1. The van der Waals surface area contributed by atoms with E-state index in [-0.39, 0.29) is 5.56 Å². The van der Waals surface area contributed by atoms with Gasteiger partial charge in [0, 0.05) is 11.8 Å². The minimum atomic E-state index is -5.77. The third-order valence-electron chi connectivity index (χ3n) is 4.51. The van der Waals surface area contributed by atoms with Gasteiger partial charge in [-0.05, 0) is 6.92 Å². The lowest BCUT2D eigenvalue weighted by atomic mass is 9.98. The van der Waals surface area contributed by atoms with Gasteiger partial charge in [0.2, 0.25) is 0 Å². The van der Waals surface area contributed by atoms with Gasteiger partial charge in [-0.2, -0.15) is 8.62 Å². The summed E-state index contributed by atoms with van der Waals surface area (Å²) in [6.45, 7) is 0.277. The molecule has 2 fully saturated rings. The van der Waals surface area contributed by atoms with Gasteiger partial charge in [0.25, 0.3) is 5.56 Å². The van der Waals surface area contributed by atoms with Crippen LogP contribution < -0.4 is 17.0 Å². The number of ether oxygens (including phenoxy) is 2. The van der Waals surface area contributed by atoms with Gasteiger partial charge in [-0.15, -0.1) is 0 Å². The normalized spacial score (nSPS) is 33.7. The van der Waals surface area contributed by atoms with E-state index in [1.165, 1.54) is 6.92 Å². The van der Waals surface area contributed by atoms with Gasteiger partial charge in [-0.1, -0.05) is 0 Å². The van der Waals surface area contributed by atoms with Gasteiger partial charge >= 0.3 is 29.2 Å². The number of hydrogen-bond donors (Lipinski definition) is 7. The monoisotopic (exact) mass is 525 g/mol. The molecule has 2 aliphatic rings. The minimum Gasteiger partial charge on any atom is -0.387 e. The molecule has 3 heterocycles. The molecule has 2 aliphatic heterocycles. The summed E-state index contributed by atoms with van der Waals surface area (Å²) in [6, 6.07) is 0. The quantitative estimate of drug-likeness (QED) is 0.173. The molecule has 21 heteroatoms. The topological polar surface area (TPSA) is 279 Å². The Morgan fingerprint density at radius 2 is 1.81 bits per heavy atom. The van der Waals surface area contributed by atoms with Gasteiger partial charge in [0.15, 0.2) is 11.8 Å². The first kappa shape index (κ1) is 25.6. The SMILES string of the molecule is Cc1cn([C@@H]2O[C@@]3(COP(=O)(O)OP(=O)(O)OP(=O)(O)O)C(N)O[C@@H]2[C@@H]3O)c(=O)[nH]c1=O. The molecule has 7 atom stereocenters. The molecule has 2 saturated heterocycles. The summed E-state index contributed by atoms with van der Waals surface area (Å²) in [4.78, 5) is 61.6. The maximum Gasteiger partial charge on any atom is 0.490 e. The van der Waals surface area contributed by atoms with Crippen LogP contribution in [0, 0.1) is 6.92 Å². The van der Waals surface area contributed by atoms with Crippen LogP contribution in [0.25, 0.3) is 0 Å². The number of nitrogens with one attached hydrogen (secondary N) is 1. The predicted molar refractivity (Wildman–Crippen MR) is 97.6 cm³/mol. The van der Waals surface area contributed by atoms with E-state index in [1.807, 2.05) is 4.98 Å². The summed E-state index contributed by atoms with van der Waals surface area (Å²) in [5, 5.41) is 10.5. The minimum absolute atomic E-state index is 0.108. The van der Waals surface area contributed by atoms with Crippen molar-refractivity contribution in [3.63, 3.8) is 0 Å². The van der Waals surface area contributed by atoms with Crippen LogP contribution in [0.1, 0.15) is 11.8 Å². The Bertz CT molecular complexity index is 1160. The van der Waals surface area contributed by atoms with Crippen LogP contribution in [0.4, 0.5) is 0 Å². The Labute approximate surface area is 176 Å². The average Bonchev–Trinajstić information content (AvgIpc) is 3.00. The van der Waals surface area contributed by atoms with Crippen LogP contribution in [-0.4, -0.2) is 64.9 Å². The standard InChI is InChI=1S/C11H18N3O15P3/c1-4-2-14(10(17)13-7(4)16)8-5-6(15)11(27-8,9(12)26-5)3-25-31(21,22)29-32(23,24)28-30(18,19)20/h2,5-6,8-9,15H,3,12H2,1H3,(H,21,22)(H,23,24)(H,13,16,17)(H2,18,19,20)/t5-,6+,8-,9?,11-/m1/s1. The molecule has 0 amide bonds. The molecule has 1 aromatic rings. The van der Waals surface area contributed by atoms with Crippen molar-refractivity contribution in [1.29, 1.82) is 0 Å². The second kappa shape index (κ2) is 8.30. The van der Waals surface area contributed by atoms with Gasteiger partial charge in [0.1, 0.15) is 18.4 Å². The van der Waals surface area contributed by atoms with Crippen LogP contribution in [0.5, 0.6) is 0 Å². The number of phosphoric acid groups is 3. The van der Waals surface area contributed by atoms with Gasteiger partial charge in [-0.25, -0.2) is 18.5 Å². The highest BCUT2D eigenvalue weighted by atomic mass is 31.3. The molecule has 182 valence electrons. The summed E-state index contributed by atoms with van der Waals surface area (Å²) >= 11 is 0. The molecule has 0 spiro atoms. The van der Waals surface area contributed by atoms with Crippen molar-refractivity contribution in [3.8, 4) is 0 Å². The summed E-state index contributed by atoms with van der Waals surface area (Å²) in [5.74, 6) is 0. The summed E-state index contributed by atoms with van der Waals surface area (Å²) in [6.07, 6.45) is -4.68. The second-order valence-electron chi connectivity index (χ2n) is 6.77. The lowest BCUT2D eigenvalue weighted by Crippen LogP contribution is -2.55. The highest BCUT2D eigenvalue weighted by molar-refractivity contribution is 7.66. The molecule has 8 N–H and O–H groups in total. The number of aromatic nitrogens is 2. The summed E-state index contributed by atoms with van der Waals surface area (Å²) < 4.78 is 57.6. The predicted octanol–water partition coefficient (Wildman–Crippen LogP) is -2.50. The molecule has 0 aromatic carbocycles. The zero-order valence-corrected chi connectivity index (χ0v) is 18.5. The molecule has 32 heavy (non-hydrogen) atoms. The second-order valence-corrected chi connectivity index (χ2v) is 11.2. The molecule has 0 saturated carbocycles. The fourth-order valence-electron chi connectivity index (χ4n) is 3.13. The molecule has 0 radical (unpaired) electrons. The van der Waals surface area contributed by atoms with Crippen molar-refractivity contribution < 1.29 is 61.0 Å². The Morgan fingerprint density at radius 3 is 2.41 bits per heavy atom. The lowest BCUT2D eigenvalue weighted by Gasteiger charge is -2.35. The number of rotatable bonds is 8. The van der Waals surface area contributed by atoms with Gasteiger partial charge in [0.05, 0.1) is 6.61 Å². The van der Waals surface area contributed by atoms with E-state index in [0.29, 0.717) is 0 Å². The number of hydrogen-bond acceptors (Lipinski definition) is 12. The number of aromatic amines is 1. The molecule has 0 aliphatic carbocycles. The van der Waals surface area contributed by atoms with Crippen LogP contribution >= 0.6 is 23.5 Å². The van der Waals surface area contributed by atoms with E-state index in [4.69, 9.17) is 25.0 Å². The fraction of sp³-hybridized carbons (Fsp3) is 0.636. The van der Waals surface area contributed by atoms with E-state index >= 15 is 0 Å². The highest BCUT2D eigenvalue weighted by Gasteiger charge is 2.67. The Kier molecular flexibility index (Phi) is 6.63. The highest BCUT2D eigenvalue weighted by Crippen LogP contribution is 2.66. The number of aliphatic hydroxyl groups excluding tert-OH is 1. The number of nitrogens with two attached hydrogens (primary N) is 1. The smallest absolute Gasteiger partial charge is 0.387 e. The maximum absolute atomic E-state index is 12.1. The third kappa shape index (κ3) is 5.04. The van der Waals surface area contributed by atoms with E-state index in [0.717, 1.165) is 10.8 Å². The van der Waals surface area contributed by atoms with Crippen molar-refractivity contribution >= 4 is 23.5 Å². The van der Waals surface area contributed by atoms with Crippen molar-refractivity contribution in [3.05, 3.63) is 32.6 Å². The van der Waals surface area contributed by atoms with E-state index in [2.05, 4.69) is 13.1 Å². The lowest BCUT2D eigenvalue weighted by molar-refractivity contribution is -0.220. The maximum atomic E-state index is 12.1. The molecular formula is C11H18N3O15P3. The number of aryl methyl sites for hydroxylation is 1. The fourth-order valence-corrected chi connectivity index (χ4v) is 6.19. The van der Waals surface area contributed by atoms with Crippen molar-refractivity contribution in [1.82, 2.24) is 9.55 Å². The zero-order valence-electron chi connectivity index (χ0n) is 15.8. The van der Waals surface area contributed by atoms with Crippen LogP contribution in [0.3, 0.4) is 0 Å². The van der Waals surface area contributed by atoms with E-state index in [9.17, 15) is 38.2 Å². The number of aliphatic hydroxyl groups is 1. The Morgan fingerprint density at radius 1 is 1.19 bits per heavy atom. The van der Waals surface area contributed by atoms with Crippen molar-refractivity contribution in [2.75, 3.05) is 6.61 Å². The average molecular weight is 525 g/mol. The zero-order chi connectivity index (χ0) is 24.3. The van der Waals surface area contributed by atoms with E-state index < -0.39 is 71.6 Å². The summed E-state index contributed by atoms with van der Waals surface area (Å²) in [7, 11) is -16.9. The molecule has 3 rings (SSSR count). The first-order chi connectivity index (χ1) is 14.5. The van der Waals surface area contributed by atoms with Crippen LogP contribution in [0.2, 0.25) is 0 Å². The number of H-pyrrole nitrogens is 1. The number of phosphoric ester groups is 1. The largest absolute Gasteiger partial charge is 0.490 e. The van der Waals surface area contributed by atoms with Crippen LogP contribution in [0.15, 0.2) is 15.8 Å². The van der Waals surface area contributed by atoms with Crippen molar-refractivity contribution in [2.24, 2.45) is 5.73 Å². The molecule has 3 unspecified atom stereocenters. The molecule has 2 bridgehead atoms. The number of fused-ring (bicyclic) bond motifs is 2. The van der Waals surface area contributed by atoms with Gasteiger partial charge in [-0.3, -0.25) is 18.9 Å². The van der Waals surface area contributed by atoms with Crippen molar-refractivity contribution in [2.45, 2.75) is 37.2 Å². The van der Waals surface area contributed by atoms with Crippen LogP contribution in [-0.2, 0) is 36.3 Å². The Hall–Kier alpha value is -1.07. The molecular weight excluding hydrogens is 507 g/mol. The summed E-state index contributed by atoms with van der Waals surface area (Å²) in [5.41, 5.74) is 2.16. The molecule has 1 aromatic heterocycles.